The van der Waals surface area contributed by atoms with Crippen LogP contribution in [-0.4, -0.2) is 47.8 Å². The third-order valence-electron chi connectivity index (χ3n) is 3.96. The minimum atomic E-state index is -0.625. The van der Waals surface area contributed by atoms with Crippen molar-refractivity contribution in [1.82, 2.24) is 4.90 Å². The molecule has 0 amide bonds. The minimum Gasteiger partial charge on any atom is -0.466 e. The van der Waals surface area contributed by atoms with Crippen LogP contribution in [0, 0.1) is 5.92 Å². The van der Waals surface area contributed by atoms with Crippen LogP contribution in [0.4, 0.5) is 0 Å². The summed E-state index contributed by atoms with van der Waals surface area (Å²) in [6, 6.07) is 0. The van der Waals surface area contributed by atoms with Crippen LogP contribution in [-0.2, 0) is 9.53 Å². The van der Waals surface area contributed by atoms with Crippen molar-refractivity contribution in [2.75, 3.05) is 26.2 Å². The van der Waals surface area contributed by atoms with Crippen LogP contribution >= 0.6 is 0 Å². The van der Waals surface area contributed by atoms with Crippen LogP contribution in [0.25, 0.3) is 0 Å². The van der Waals surface area contributed by atoms with Gasteiger partial charge in [-0.1, -0.05) is 0 Å². The maximum atomic E-state index is 11.3. The number of esters is 1. The van der Waals surface area contributed by atoms with Gasteiger partial charge in [0.1, 0.15) is 0 Å². The van der Waals surface area contributed by atoms with Crippen molar-refractivity contribution in [2.45, 2.75) is 38.2 Å². The Labute approximate surface area is 96.6 Å². The van der Waals surface area contributed by atoms with E-state index in [4.69, 9.17) is 4.74 Å². The van der Waals surface area contributed by atoms with Gasteiger partial charge < -0.3 is 14.7 Å². The summed E-state index contributed by atoms with van der Waals surface area (Å²) in [5, 5.41) is 10.5. The first-order valence-electron chi connectivity index (χ1n) is 6.24. The Balaban J connectivity index is 1.85. The number of aliphatic hydroxyl groups is 1. The van der Waals surface area contributed by atoms with Crippen molar-refractivity contribution in [3.63, 3.8) is 0 Å². The summed E-state index contributed by atoms with van der Waals surface area (Å²) >= 11 is 0. The lowest BCUT2D eigenvalue weighted by Gasteiger charge is -2.38. The van der Waals surface area contributed by atoms with Crippen LogP contribution in [0.2, 0.25) is 0 Å². The molecule has 0 aromatic rings. The number of rotatable bonds is 4. The van der Waals surface area contributed by atoms with E-state index in [1.165, 1.54) is 0 Å². The molecule has 2 bridgehead atoms. The van der Waals surface area contributed by atoms with Crippen molar-refractivity contribution in [3.05, 3.63) is 0 Å². The molecule has 1 N–H and O–H groups in total. The quantitative estimate of drug-likeness (QED) is 0.721. The molecule has 2 rings (SSSR count). The average Bonchev–Trinajstić information content (AvgIpc) is 2.68. The molecule has 4 heteroatoms. The standard InChI is InChI=1S/C12H21NO3/c1-2-16-11(14)3-5-12(15)6-8-13-7-4-10(12)9-13/h10,15H,2-9H2,1H3. The highest BCUT2D eigenvalue weighted by molar-refractivity contribution is 5.69. The smallest absolute Gasteiger partial charge is 0.305 e. The minimum absolute atomic E-state index is 0.184. The van der Waals surface area contributed by atoms with Crippen molar-refractivity contribution < 1.29 is 14.6 Å². The number of hydrogen-bond acceptors (Lipinski definition) is 4. The van der Waals surface area contributed by atoms with E-state index in [2.05, 4.69) is 4.90 Å². The highest BCUT2D eigenvalue weighted by Gasteiger charge is 2.44. The molecule has 0 saturated carbocycles. The zero-order valence-corrected chi connectivity index (χ0v) is 9.95. The molecule has 0 radical (unpaired) electrons. The van der Waals surface area contributed by atoms with E-state index in [1.807, 2.05) is 6.92 Å². The largest absolute Gasteiger partial charge is 0.466 e. The van der Waals surface area contributed by atoms with Gasteiger partial charge in [-0.05, 0) is 32.7 Å². The number of carbonyl (C=O) groups excluding carboxylic acids is 1. The number of ether oxygens (including phenoxy) is 1. The number of hydrogen-bond donors (Lipinski definition) is 1. The van der Waals surface area contributed by atoms with Gasteiger partial charge in [0, 0.05) is 25.4 Å². The maximum Gasteiger partial charge on any atom is 0.305 e. The van der Waals surface area contributed by atoms with Gasteiger partial charge in [0.2, 0.25) is 0 Å². The third-order valence-corrected chi connectivity index (χ3v) is 3.96. The zero-order chi connectivity index (χ0) is 11.6. The monoisotopic (exact) mass is 227 g/mol. The SMILES string of the molecule is CCOC(=O)CCC1(O)CCN2CCC1C2. The molecule has 2 aliphatic rings. The first-order valence-corrected chi connectivity index (χ1v) is 6.24. The van der Waals surface area contributed by atoms with Gasteiger partial charge in [-0.25, -0.2) is 0 Å². The van der Waals surface area contributed by atoms with Crippen LogP contribution in [0.1, 0.15) is 32.6 Å². The molecule has 0 aromatic heterocycles. The van der Waals surface area contributed by atoms with Gasteiger partial charge in [0.15, 0.2) is 0 Å². The highest BCUT2D eigenvalue weighted by Crippen LogP contribution is 2.38. The van der Waals surface area contributed by atoms with Crippen molar-refractivity contribution in [1.29, 1.82) is 0 Å². The van der Waals surface area contributed by atoms with Crippen LogP contribution in [0.3, 0.4) is 0 Å². The maximum absolute atomic E-state index is 11.3. The number of nitrogens with zero attached hydrogens (tertiary/aromatic N) is 1. The number of fused-ring (bicyclic) bond motifs is 2. The Kier molecular flexibility index (Phi) is 3.50. The molecular formula is C12H21NO3. The molecular weight excluding hydrogens is 206 g/mol. The Morgan fingerprint density at radius 3 is 3.12 bits per heavy atom. The van der Waals surface area contributed by atoms with Gasteiger partial charge in [0.25, 0.3) is 0 Å². The van der Waals surface area contributed by atoms with E-state index < -0.39 is 5.60 Å². The molecule has 0 aromatic carbocycles. The molecule has 2 heterocycles. The second-order valence-electron chi connectivity index (χ2n) is 4.94. The second-order valence-corrected chi connectivity index (χ2v) is 4.94. The predicted octanol–water partition coefficient (Wildman–Crippen LogP) is 0.786. The summed E-state index contributed by atoms with van der Waals surface area (Å²) in [5.74, 6) is 0.173. The van der Waals surface area contributed by atoms with E-state index in [0.717, 1.165) is 32.5 Å². The van der Waals surface area contributed by atoms with Crippen molar-refractivity contribution >= 4 is 5.97 Å². The third kappa shape index (κ3) is 2.38. The summed E-state index contributed by atoms with van der Waals surface area (Å²) < 4.78 is 4.90. The Bertz CT molecular complexity index is 269. The Hall–Kier alpha value is -0.610. The predicted molar refractivity (Wildman–Crippen MR) is 60.0 cm³/mol. The fourth-order valence-electron chi connectivity index (χ4n) is 2.91. The summed E-state index contributed by atoms with van der Waals surface area (Å²) in [4.78, 5) is 13.7. The van der Waals surface area contributed by atoms with Gasteiger partial charge in [-0.3, -0.25) is 4.79 Å². The molecule has 92 valence electrons. The second kappa shape index (κ2) is 4.72. The van der Waals surface area contributed by atoms with Crippen LogP contribution in [0.5, 0.6) is 0 Å². The van der Waals surface area contributed by atoms with Gasteiger partial charge in [-0.15, -0.1) is 0 Å². The van der Waals surface area contributed by atoms with E-state index in [9.17, 15) is 9.90 Å². The average molecular weight is 227 g/mol. The first kappa shape index (κ1) is 11.9. The van der Waals surface area contributed by atoms with Crippen LogP contribution < -0.4 is 0 Å². The summed E-state index contributed by atoms with van der Waals surface area (Å²) in [5.41, 5.74) is -0.625. The molecule has 3 atom stereocenters. The number of piperidine rings is 1. The molecule has 2 saturated heterocycles. The number of carbonyl (C=O) groups is 1. The lowest BCUT2D eigenvalue weighted by Crippen LogP contribution is -2.46. The first-order chi connectivity index (χ1) is 7.64. The fourth-order valence-corrected chi connectivity index (χ4v) is 2.91. The molecule has 2 aliphatic heterocycles. The van der Waals surface area contributed by atoms with Crippen molar-refractivity contribution in [3.8, 4) is 0 Å². The molecule has 0 aliphatic carbocycles. The summed E-state index contributed by atoms with van der Waals surface area (Å²) in [6.07, 6.45) is 2.78. The lowest BCUT2D eigenvalue weighted by molar-refractivity contribution is -0.145. The molecule has 3 unspecified atom stereocenters. The molecule has 16 heavy (non-hydrogen) atoms. The van der Waals surface area contributed by atoms with Gasteiger partial charge >= 0.3 is 5.97 Å². The van der Waals surface area contributed by atoms with Gasteiger partial charge in [-0.2, -0.15) is 0 Å². The van der Waals surface area contributed by atoms with E-state index in [-0.39, 0.29) is 5.97 Å². The van der Waals surface area contributed by atoms with Gasteiger partial charge in [0.05, 0.1) is 12.2 Å². The highest BCUT2D eigenvalue weighted by atomic mass is 16.5. The lowest BCUT2D eigenvalue weighted by atomic mass is 9.79. The Morgan fingerprint density at radius 2 is 2.38 bits per heavy atom. The summed E-state index contributed by atoms with van der Waals surface area (Å²) in [6.45, 7) is 5.30. The van der Waals surface area contributed by atoms with E-state index in [1.54, 1.807) is 0 Å². The van der Waals surface area contributed by atoms with Crippen LogP contribution in [0.15, 0.2) is 0 Å². The molecule has 2 fully saturated rings. The van der Waals surface area contributed by atoms with E-state index >= 15 is 0 Å². The Morgan fingerprint density at radius 1 is 1.56 bits per heavy atom. The molecule has 0 spiro atoms. The normalized spacial score (nSPS) is 37.4. The van der Waals surface area contributed by atoms with Crippen molar-refractivity contribution in [2.24, 2.45) is 5.92 Å². The fraction of sp³-hybridized carbons (Fsp3) is 0.917. The topological polar surface area (TPSA) is 49.8 Å². The summed E-state index contributed by atoms with van der Waals surface area (Å²) in [7, 11) is 0. The zero-order valence-electron chi connectivity index (χ0n) is 9.95. The van der Waals surface area contributed by atoms with E-state index in [0.29, 0.717) is 25.4 Å². The molecule has 4 nitrogen and oxygen atoms in total.